The van der Waals surface area contributed by atoms with E-state index in [1.165, 1.54) is 12.3 Å². The lowest BCUT2D eigenvalue weighted by molar-refractivity contribution is -0.120. The van der Waals surface area contributed by atoms with Crippen molar-refractivity contribution in [1.82, 2.24) is 16.2 Å². The zero-order valence-corrected chi connectivity index (χ0v) is 12.8. The van der Waals surface area contributed by atoms with Crippen molar-refractivity contribution >= 4 is 17.7 Å². The first-order valence-corrected chi connectivity index (χ1v) is 6.95. The summed E-state index contributed by atoms with van der Waals surface area (Å²) >= 11 is 0. The largest absolute Gasteiger partial charge is 0.459 e. The minimum absolute atomic E-state index is 0.0736. The summed E-state index contributed by atoms with van der Waals surface area (Å²) in [6.45, 7) is 3.60. The Bertz CT molecular complexity index is 723. The van der Waals surface area contributed by atoms with Crippen molar-refractivity contribution in [1.29, 1.82) is 0 Å². The summed E-state index contributed by atoms with van der Waals surface area (Å²) in [6, 6.07) is 8.30. The van der Waals surface area contributed by atoms with E-state index in [2.05, 4.69) is 16.2 Å². The van der Waals surface area contributed by atoms with E-state index < -0.39 is 11.8 Å². The van der Waals surface area contributed by atoms with Gasteiger partial charge in [-0.15, -0.1) is 0 Å². The Morgan fingerprint density at radius 2 is 1.78 bits per heavy atom. The third kappa shape index (κ3) is 4.44. The molecule has 0 saturated heterocycles. The van der Waals surface area contributed by atoms with Gasteiger partial charge in [0.2, 0.25) is 0 Å². The SMILES string of the molecule is Cc1ccc(C(=O)NCC(=O)NNC(=O)c2ccco2)cc1C. The van der Waals surface area contributed by atoms with Crippen LogP contribution in [0.25, 0.3) is 0 Å². The van der Waals surface area contributed by atoms with Crippen LogP contribution in [0.15, 0.2) is 41.0 Å². The fourth-order valence-electron chi connectivity index (χ4n) is 1.79. The molecule has 0 atom stereocenters. The monoisotopic (exact) mass is 315 g/mol. The minimum atomic E-state index is -0.580. The molecule has 7 heteroatoms. The summed E-state index contributed by atoms with van der Waals surface area (Å²) in [6.07, 6.45) is 1.35. The van der Waals surface area contributed by atoms with Crippen LogP contribution in [0.2, 0.25) is 0 Å². The zero-order chi connectivity index (χ0) is 16.8. The number of nitrogens with one attached hydrogen (secondary N) is 3. The summed E-state index contributed by atoms with van der Waals surface area (Å²) in [5.41, 5.74) is 6.92. The number of carbonyl (C=O) groups excluding carboxylic acids is 3. The van der Waals surface area contributed by atoms with Gasteiger partial charge in [0.15, 0.2) is 5.76 Å². The Labute approximate surface area is 133 Å². The molecule has 3 amide bonds. The molecule has 0 saturated carbocycles. The van der Waals surface area contributed by atoms with Crippen LogP contribution in [0.4, 0.5) is 0 Å². The van der Waals surface area contributed by atoms with Gasteiger partial charge in [-0.25, -0.2) is 0 Å². The van der Waals surface area contributed by atoms with E-state index in [9.17, 15) is 14.4 Å². The van der Waals surface area contributed by atoms with E-state index in [-0.39, 0.29) is 18.2 Å². The molecular weight excluding hydrogens is 298 g/mol. The maximum Gasteiger partial charge on any atom is 0.305 e. The van der Waals surface area contributed by atoms with Crippen LogP contribution < -0.4 is 16.2 Å². The summed E-state index contributed by atoms with van der Waals surface area (Å²) in [7, 11) is 0. The van der Waals surface area contributed by atoms with Gasteiger partial charge in [0.05, 0.1) is 12.8 Å². The van der Waals surface area contributed by atoms with E-state index in [1.54, 1.807) is 18.2 Å². The third-order valence-corrected chi connectivity index (χ3v) is 3.24. The van der Waals surface area contributed by atoms with Gasteiger partial charge in [0.1, 0.15) is 0 Å². The molecule has 1 heterocycles. The van der Waals surface area contributed by atoms with E-state index in [1.807, 2.05) is 19.9 Å². The number of hydrazine groups is 1. The summed E-state index contributed by atoms with van der Waals surface area (Å²) in [5.74, 6) is -1.42. The lowest BCUT2D eigenvalue weighted by Gasteiger charge is -2.08. The Kier molecular flexibility index (Phi) is 5.14. The highest BCUT2D eigenvalue weighted by Crippen LogP contribution is 2.09. The van der Waals surface area contributed by atoms with Gasteiger partial charge in [-0.2, -0.15) is 0 Å². The Hall–Kier alpha value is -3.09. The molecule has 0 fully saturated rings. The lowest BCUT2D eigenvalue weighted by Crippen LogP contribution is -2.46. The van der Waals surface area contributed by atoms with Crippen molar-refractivity contribution in [2.24, 2.45) is 0 Å². The van der Waals surface area contributed by atoms with Crippen molar-refractivity contribution in [2.45, 2.75) is 13.8 Å². The molecule has 2 aromatic rings. The molecule has 0 aliphatic heterocycles. The highest BCUT2D eigenvalue weighted by molar-refractivity contribution is 5.97. The minimum Gasteiger partial charge on any atom is -0.459 e. The number of furan rings is 1. The second-order valence-electron chi connectivity index (χ2n) is 4.96. The molecule has 0 aliphatic carbocycles. The maximum absolute atomic E-state index is 11.9. The molecule has 1 aromatic carbocycles. The van der Waals surface area contributed by atoms with Gasteiger partial charge >= 0.3 is 5.91 Å². The normalized spacial score (nSPS) is 10.0. The number of amides is 3. The van der Waals surface area contributed by atoms with E-state index in [0.29, 0.717) is 5.56 Å². The van der Waals surface area contributed by atoms with Crippen LogP contribution >= 0.6 is 0 Å². The molecule has 7 nitrogen and oxygen atoms in total. The van der Waals surface area contributed by atoms with Crippen molar-refractivity contribution in [3.8, 4) is 0 Å². The molecule has 0 unspecified atom stereocenters. The van der Waals surface area contributed by atoms with Crippen LogP contribution in [0.5, 0.6) is 0 Å². The van der Waals surface area contributed by atoms with Crippen LogP contribution in [0.3, 0.4) is 0 Å². The smallest absolute Gasteiger partial charge is 0.305 e. The molecule has 0 spiro atoms. The van der Waals surface area contributed by atoms with Crippen LogP contribution in [0.1, 0.15) is 32.0 Å². The van der Waals surface area contributed by atoms with Gasteiger partial charge < -0.3 is 9.73 Å². The average Bonchev–Trinajstić information content (AvgIpc) is 3.07. The first-order valence-electron chi connectivity index (χ1n) is 6.95. The number of hydrogen-bond donors (Lipinski definition) is 3. The van der Waals surface area contributed by atoms with Gasteiger partial charge in [0.25, 0.3) is 11.8 Å². The Morgan fingerprint density at radius 1 is 1.00 bits per heavy atom. The summed E-state index contributed by atoms with van der Waals surface area (Å²) in [5, 5.41) is 2.48. The molecule has 0 radical (unpaired) electrons. The predicted molar refractivity (Wildman–Crippen MR) is 82.6 cm³/mol. The second kappa shape index (κ2) is 7.26. The van der Waals surface area contributed by atoms with E-state index in [0.717, 1.165) is 11.1 Å². The van der Waals surface area contributed by atoms with Gasteiger partial charge in [-0.3, -0.25) is 25.2 Å². The van der Waals surface area contributed by atoms with Gasteiger partial charge in [-0.05, 0) is 49.2 Å². The highest BCUT2D eigenvalue weighted by atomic mass is 16.3. The average molecular weight is 315 g/mol. The highest BCUT2D eigenvalue weighted by Gasteiger charge is 2.11. The zero-order valence-electron chi connectivity index (χ0n) is 12.8. The second-order valence-corrected chi connectivity index (χ2v) is 4.96. The van der Waals surface area contributed by atoms with Crippen LogP contribution in [0, 0.1) is 13.8 Å². The molecule has 1 aromatic heterocycles. The topological polar surface area (TPSA) is 100 Å². The molecule has 120 valence electrons. The quantitative estimate of drug-likeness (QED) is 0.735. The number of carbonyl (C=O) groups is 3. The molecule has 3 N–H and O–H groups in total. The standard InChI is InChI=1S/C16H17N3O4/c1-10-5-6-12(8-11(10)2)15(21)17-9-14(20)18-19-16(22)13-4-3-7-23-13/h3-8H,9H2,1-2H3,(H,17,21)(H,18,20)(H,19,22). The van der Waals surface area contributed by atoms with E-state index >= 15 is 0 Å². The summed E-state index contributed by atoms with van der Waals surface area (Å²) < 4.78 is 4.87. The Balaban J connectivity index is 1.78. The first-order chi connectivity index (χ1) is 11.0. The number of benzene rings is 1. The Morgan fingerprint density at radius 3 is 2.43 bits per heavy atom. The van der Waals surface area contributed by atoms with Gasteiger partial charge in [-0.1, -0.05) is 6.07 Å². The van der Waals surface area contributed by atoms with Crippen molar-refractivity contribution in [3.05, 3.63) is 59.0 Å². The number of rotatable bonds is 4. The fraction of sp³-hybridized carbons (Fsp3) is 0.188. The molecule has 0 bridgehead atoms. The van der Waals surface area contributed by atoms with Gasteiger partial charge in [0, 0.05) is 5.56 Å². The van der Waals surface area contributed by atoms with Crippen molar-refractivity contribution < 1.29 is 18.8 Å². The first kappa shape index (κ1) is 16.3. The third-order valence-electron chi connectivity index (χ3n) is 3.24. The molecule has 2 rings (SSSR count). The van der Waals surface area contributed by atoms with Crippen LogP contribution in [-0.2, 0) is 4.79 Å². The van der Waals surface area contributed by atoms with Crippen molar-refractivity contribution in [2.75, 3.05) is 6.54 Å². The van der Waals surface area contributed by atoms with Crippen LogP contribution in [-0.4, -0.2) is 24.3 Å². The number of hydrogen-bond acceptors (Lipinski definition) is 4. The maximum atomic E-state index is 11.9. The molecule has 23 heavy (non-hydrogen) atoms. The summed E-state index contributed by atoms with van der Waals surface area (Å²) in [4.78, 5) is 35.1. The van der Waals surface area contributed by atoms with Crippen molar-refractivity contribution in [3.63, 3.8) is 0 Å². The fourth-order valence-corrected chi connectivity index (χ4v) is 1.79. The van der Waals surface area contributed by atoms with E-state index in [4.69, 9.17) is 4.42 Å². The number of aryl methyl sites for hydroxylation is 2. The predicted octanol–water partition coefficient (Wildman–Crippen LogP) is 1.09. The lowest BCUT2D eigenvalue weighted by atomic mass is 10.1. The molecule has 0 aliphatic rings. The molecular formula is C16H17N3O4.